The number of carbonyl (C=O) groups excluding carboxylic acids is 2. The van der Waals surface area contributed by atoms with E-state index in [4.69, 9.17) is 23.2 Å². The van der Waals surface area contributed by atoms with Crippen molar-refractivity contribution >= 4 is 46.5 Å². The van der Waals surface area contributed by atoms with Crippen LogP contribution in [0.15, 0.2) is 42.5 Å². The van der Waals surface area contributed by atoms with Crippen LogP contribution >= 0.6 is 23.2 Å². The highest BCUT2D eigenvalue weighted by molar-refractivity contribution is 6.42. The molecule has 0 spiro atoms. The van der Waals surface area contributed by atoms with E-state index < -0.39 is 0 Å². The molecule has 0 saturated carbocycles. The topological polar surface area (TPSA) is 61.4 Å². The summed E-state index contributed by atoms with van der Waals surface area (Å²) in [5, 5.41) is 6.28. The number of urea groups is 1. The van der Waals surface area contributed by atoms with Gasteiger partial charge in [-0.3, -0.25) is 9.69 Å². The average Bonchev–Trinajstić information content (AvgIpc) is 2.97. The van der Waals surface area contributed by atoms with Crippen LogP contribution in [-0.4, -0.2) is 25.0 Å². The molecule has 3 amide bonds. The maximum atomic E-state index is 12.2. The molecule has 118 valence electrons. The van der Waals surface area contributed by atoms with E-state index in [-0.39, 0.29) is 11.9 Å². The molecule has 1 saturated heterocycles. The standard InChI is InChI=1S/C16H13Cl2N3O2/c17-13-6-3-11(9-14(13)18)20-15(22)10-1-4-12(5-2-10)21-8-7-19-16(21)23/h1-6,9H,7-8H2,(H,19,23)(H,20,22). The lowest BCUT2D eigenvalue weighted by Gasteiger charge is -2.14. The monoisotopic (exact) mass is 349 g/mol. The number of amides is 3. The minimum absolute atomic E-state index is 0.127. The van der Waals surface area contributed by atoms with Gasteiger partial charge in [-0.1, -0.05) is 23.2 Å². The van der Waals surface area contributed by atoms with Gasteiger partial charge in [-0.2, -0.15) is 0 Å². The molecule has 1 aliphatic heterocycles. The molecule has 1 aliphatic rings. The van der Waals surface area contributed by atoms with E-state index in [0.29, 0.717) is 34.4 Å². The zero-order valence-corrected chi connectivity index (χ0v) is 13.5. The Labute approximate surface area is 143 Å². The van der Waals surface area contributed by atoms with Crippen molar-refractivity contribution < 1.29 is 9.59 Å². The first-order chi connectivity index (χ1) is 11.0. The van der Waals surface area contributed by atoms with E-state index in [2.05, 4.69) is 10.6 Å². The van der Waals surface area contributed by atoms with Gasteiger partial charge in [-0.15, -0.1) is 0 Å². The first kappa shape index (κ1) is 15.6. The second-order valence-electron chi connectivity index (χ2n) is 5.01. The van der Waals surface area contributed by atoms with Crippen molar-refractivity contribution in [2.24, 2.45) is 0 Å². The third kappa shape index (κ3) is 3.41. The van der Waals surface area contributed by atoms with Crippen molar-refractivity contribution in [3.8, 4) is 0 Å². The van der Waals surface area contributed by atoms with Crippen molar-refractivity contribution in [1.82, 2.24) is 5.32 Å². The molecule has 2 N–H and O–H groups in total. The van der Waals surface area contributed by atoms with Gasteiger partial charge in [0.05, 0.1) is 10.0 Å². The largest absolute Gasteiger partial charge is 0.336 e. The Balaban J connectivity index is 1.72. The molecular formula is C16H13Cl2N3O2. The molecule has 2 aromatic rings. The minimum Gasteiger partial charge on any atom is -0.336 e. The Morgan fingerprint density at radius 2 is 1.83 bits per heavy atom. The summed E-state index contributed by atoms with van der Waals surface area (Å²) < 4.78 is 0. The Kier molecular flexibility index (Phi) is 4.41. The number of carbonyl (C=O) groups is 2. The van der Waals surface area contributed by atoms with Crippen LogP contribution < -0.4 is 15.5 Å². The Hall–Kier alpha value is -2.24. The van der Waals surface area contributed by atoms with E-state index in [0.717, 1.165) is 5.69 Å². The molecule has 23 heavy (non-hydrogen) atoms. The van der Waals surface area contributed by atoms with Gasteiger partial charge in [0.1, 0.15) is 0 Å². The van der Waals surface area contributed by atoms with Gasteiger partial charge >= 0.3 is 6.03 Å². The lowest BCUT2D eigenvalue weighted by Crippen LogP contribution is -2.27. The van der Waals surface area contributed by atoms with E-state index in [1.165, 1.54) is 0 Å². The highest BCUT2D eigenvalue weighted by Crippen LogP contribution is 2.25. The normalized spacial score (nSPS) is 13.8. The van der Waals surface area contributed by atoms with Gasteiger partial charge < -0.3 is 10.6 Å². The zero-order valence-electron chi connectivity index (χ0n) is 12.0. The van der Waals surface area contributed by atoms with Crippen molar-refractivity contribution in [2.75, 3.05) is 23.3 Å². The number of halogens is 2. The minimum atomic E-state index is -0.263. The smallest absolute Gasteiger partial charge is 0.321 e. The summed E-state index contributed by atoms with van der Waals surface area (Å²) in [5.41, 5.74) is 1.80. The third-order valence-electron chi connectivity index (χ3n) is 3.48. The van der Waals surface area contributed by atoms with Gasteiger partial charge in [0.2, 0.25) is 0 Å². The quantitative estimate of drug-likeness (QED) is 0.885. The Bertz CT molecular complexity index is 762. The number of hydrogen-bond acceptors (Lipinski definition) is 2. The molecular weight excluding hydrogens is 337 g/mol. The molecule has 5 nitrogen and oxygen atoms in total. The maximum absolute atomic E-state index is 12.2. The van der Waals surface area contributed by atoms with E-state index in [1.807, 2.05) is 0 Å². The molecule has 0 atom stereocenters. The van der Waals surface area contributed by atoms with E-state index in [1.54, 1.807) is 47.4 Å². The van der Waals surface area contributed by atoms with Crippen molar-refractivity contribution in [1.29, 1.82) is 0 Å². The predicted octanol–water partition coefficient (Wildman–Crippen LogP) is 3.78. The molecule has 7 heteroatoms. The van der Waals surface area contributed by atoms with Crippen LogP contribution in [0.5, 0.6) is 0 Å². The number of nitrogens with one attached hydrogen (secondary N) is 2. The summed E-state index contributed by atoms with van der Waals surface area (Å²) in [7, 11) is 0. The molecule has 0 radical (unpaired) electrons. The molecule has 0 aromatic heterocycles. The summed E-state index contributed by atoms with van der Waals surface area (Å²) in [6.45, 7) is 1.24. The second-order valence-corrected chi connectivity index (χ2v) is 5.83. The molecule has 2 aromatic carbocycles. The average molecular weight is 350 g/mol. The van der Waals surface area contributed by atoms with Gasteiger partial charge in [-0.05, 0) is 42.5 Å². The fourth-order valence-electron chi connectivity index (χ4n) is 2.29. The molecule has 1 fully saturated rings. The van der Waals surface area contributed by atoms with Crippen LogP contribution in [0, 0.1) is 0 Å². The van der Waals surface area contributed by atoms with Crippen LogP contribution in [0.25, 0.3) is 0 Å². The SMILES string of the molecule is O=C(Nc1ccc(Cl)c(Cl)c1)c1ccc(N2CCNC2=O)cc1. The molecule has 0 unspecified atom stereocenters. The van der Waals surface area contributed by atoms with Crippen LogP contribution in [0.2, 0.25) is 10.0 Å². The van der Waals surface area contributed by atoms with Crippen LogP contribution in [-0.2, 0) is 0 Å². The summed E-state index contributed by atoms with van der Waals surface area (Å²) in [6.07, 6.45) is 0. The molecule has 0 aliphatic carbocycles. The highest BCUT2D eigenvalue weighted by Gasteiger charge is 2.21. The lowest BCUT2D eigenvalue weighted by molar-refractivity contribution is 0.102. The summed E-state index contributed by atoms with van der Waals surface area (Å²) in [4.78, 5) is 25.5. The number of hydrogen-bond donors (Lipinski definition) is 2. The van der Waals surface area contributed by atoms with Crippen molar-refractivity contribution in [2.45, 2.75) is 0 Å². The zero-order chi connectivity index (χ0) is 16.4. The van der Waals surface area contributed by atoms with Gasteiger partial charge in [-0.25, -0.2) is 4.79 Å². The maximum Gasteiger partial charge on any atom is 0.321 e. The van der Waals surface area contributed by atoms with Crippen LogP contribution in [0.3, 0.4) is 0 Å². The Morgan fingerprint density at radius 1 is 1.09 bits per heavy atom. The van der Waals surface area contributed by atoms with Gasteiger partial charge in [0, 0.05) is 30.0 Å². The second kappa shape index (κ2) is 6.48. The molecule has 1 heterocycles. The van der Waals surface area contributed by atoms with E-state index >= 15 is 0 Å². The number of rotatable bonds is 3. The number of anilines is 2. The lowest BCUT2D eigenvalue weighted by atomic mass is 10.1. The Morgan fingerprint density at radius 3 is 2.43 bits per heavy atom. The molecule has 3 rings (SSSR count). The van der Waals surface area contributed by atoms with Crippen molar-refractivity contribution in [3.05, 3.63) is 58.1 Å². The number of nitrogens with zero attached hydrogens (tertiary/aromatic N) is 1. The summed E-state index contributed by atoms with van der Waals surface area (Å²) >= 11 is 11.8. The van der Waals surface area contributed by atoms with Crippen LogP contribution in [0.4, 0.5) is 16.2 Å². The number of benzene rings is 2. The molecule has 0 bridgehead atoms. The summed E-state index contributed by atoms with van der Waals surface area (Å²) in [6, 6.07) is 11.6. The van der Waals surface area contributed by atoms with E-state index in [9.17, 15) is 9.59 Å². The third-order valence-corrected chi connectivity index (χ3v) is 4.21. The first-order valence-corrected chi connectivity index (χ1v) is 7.72. The summed E-state index contributed by atoms with van der Waals surface area (Å²) in [5.74, 6) is -0.263. The first-order valence-electron chi connectivity index (χ1n) is 6.96. The fourth-order valence-corrected chi connectivity index (χ4v) is 2.59. The highest BCUT2D eigenvalue weighted by atomic mass is 35.5. The predicted molar refractivity (Wildman–Crippen MR) is 91.6 cm³/mol. The van der Waals surface area contributed by atoms with Gasteiger partial charge in [0.25, 0.3) is 5.91 Å². The van der Waals surface area contributed by atoms with Crippen molar-refractivity contribution in [3.63, 3.8) is 0 Å². The van der Waals surface area contributed by atoms with Crippen LogP contribution in [0.1, 0.15) is 10.4 Å². The fraction of sp³-hybridized carbons (Fsp3) is 0.125. The van der Waals surface area contributed by atoms with Gasteiger partial charge in [0.15, 0.2) is 0 Å².